The van der Waals surface area contributed by atoms with E-state index in [1.54, 1.807) is 72.8 Å². The summed E-state index contributed by atoms with van der Waals surface area (Å²) >= 11 is 0. The van der Waals surface area contributed by atoms with Crippen molar-refractivity contribution in [1.82, 2.24) is 0 Å². The summed E-state index contributed by atoms with van der Waals surface area (Å²) in [7, 11) is 0. The van der Waals surface area contributed by atoms with Crippen molar-refractivity contribution in [3.63, 3.8) is 0 Å². The first-order valence-electron chi connectivity index (χ1n) is 17.5. The molecule has 0 atom stereocenters. The molecule has 14 heteroatoms. The molecule has 346 valence electrons. The molecule has 0 aliphatic heterocycles. The van der Waals surface area contributed by atoms with Gasteiger partial charge in [0, 0.05) is 12.8 Å². The van der Waals surface area contributed by atoms with Gasteiger partial charge in [0.2, 0.25) is 0 Å². The van der Waals surface area contributed by atoms with Crippen LogP contribution >= 0.6 is 0 Å². The van der Waals surface area contributed by atoms with Crippen LogP contribution in [0.1, 0.15) is 114 Å². The summed E-state index contributed by atoms with van der Waals surface area (Å²) in [5, 5.41) is 59.1. The molecule has 0 aromatic carbocycles. The van der Waals surface area contributed by atoms with E-state index in [0.29, 0.717) is 46.1 Å². The molecule has 0 fully saturated rings. The van der Waals surface area contributed by atoms with Crippen molar-refractivity contribution in [2.75, 3.05) is 0 Å². The van der Waals surface area contributed by atoms with Crippen LogP contribution in [0.3, 0.4) is 0 Å². The van der Waals surface area contributed by atoms with Gasteiger partial charge < -0.3 is 66.7 Å². The Labute approximate surface area is 362 Å². The van der Waals surface area contributed by atoms with Crippen molar-refractivity contribution in [2.45, 2.75) is 117 Å². The molecule has 7 rings (SSSR count). The highest BCUT2D eigenvalue weighted by Crippen LogP contribution is 2.09. The predicted molar refractivity (Wildman–Crippen MR) is 240 cm³/mol. The lowest BCUT2D eigenvalue weighted by Crippen LogP contribution is -1.75. The molecule has 61 heavy (non-hydrogen) atoms. The zero-order valence-electron chi connectivity index (χ0n) is 32.0. The third-order valence-electron chi connectivity index (χ3n) is 6.64. The molecule has 7 N–H and O–H groups in total. The third-order valence-corrected chi connectivity index (χ3v) is 6.64. The van der Waals surface area contributed by atoms with Crippen LogP contribution < -0.4 is 0 Å². The van der Waals surface area contributed by atoms with Gasteiger partial charge in [0.1, 0.15) is 110 Å². The van der Waals surface area contributed by atoms with Gasteiger partial charge in [-0.05, 0) is 97.9 Å². The molecule has 14 nitrogen and oxygen atoms in total. The summed E-state index contributed by atoms with van der Waals surface area (Å²) in [5.74, 6) is 7.72. The van der Waals surface area contributed by atoms with Crippen molar-refractivity contribution < 1.29 is 66.7 Å². The van der Waals surface area contributed by atoms with Crippen molar-refractivity contribution in [1.29, 1.82) is 0 Å². The normalized spacial score (nSPS) is 8.82. The molecule has 0 spiro atoms. The van der Waals surface area contributed by atoms with Gasteiger partial charge in [0.05, 0.1) is 18.8 Å². The molecule has 0 aliphatic carbocycles. The molecule has 0 saturated carbocycles. The quantitative estimate of drug-likeness (QED) is 0.0678. The first-order valence-corrected chi connectivity index (χ1v) is 17.5. The van der Waals surface area contributed by atoms with Crippen LogP contribution in [0.5, 0.6) is 0 Å². The molecule has 0 saturated heterocycles. The van der Waals surface area contributed by atoms with E-state index < -0.39 is 0 Å². The molecule has 0 radical (unpaired) electrons. The maximum absolute atomic E-state index is 8.55. The van der Waals surface area contributed by atoms with Crippen molar-refractivity contribution in [3.05, 3.63) is 174 Å². The van der Waals surface area contributed by atoms with Crippen LogP contribution in [0.15, 0.2) is 141 Å². The number of aliphatic hydroxyl groups excluding tert-OH is 7. The van der Waals surface area contributed by atoms with Gasteiger partial charge in [0.25, 0.3) is 0 Å². The highest BCUT2D eigenvalue weighted by atomic mass is 16.4. The summed E-state index contributed by atoms with van der Waals surface area (Å²) < 4.78 is 34.5. The minimum absolute atomic E-state index is 0. The largest absolute Gasteiger partial charge is 0.467 e. The summed E-state index contributed by atoms with van der Waals surface area (Å²) in [5.41, 5.74) is 0. The topological polar surface area (TPSA) is 234 Å². The number of aliphatic hydroxyl groups is 7. The SMILES string of the molecule is C.C.C.C.C.C=Cc1ccc(CO)o1.CCc1ccc(CO)o1.CCc1ccc(CO)o1.Cc1ccc(CO)o1.OCc1ccco1.OCc1ccco1.OCc1ccco1. The zero-order chi connectivity index (χ0) is 41.4. The highest BCUT2D eigenvalue weighted by Gasteiger charge is 1.97. The van der Waals surface area contributed by atoms with E-state index in [1.807, 2.05) is 39.0 Å². The Hall–Kier alpha value is -5.58. The summed E-state index contributed by atoms with van der Waals surface area (Å²) in [6, 6.07) is 24.8. The zero-order valence-corrected chi connectivity index (χ0v) is 32.0. The predicted octanol–water partition coefficient (Wildman–Crippen LogP) is 10.7. The number of aryl methyl sites for hydroxylation is 3. The number of hydrogen-bond acceptors (Lipinski definition) is 14. The Morgan fingerprint density at radius 1 is 0.393 bits per heavy atom. The van der Waals surface area contributed by atoms with Gasteiger partial charge in [-0.2, -0.15) is 0 Å². The molecule has 0 unspecified atom stereocenters. The molecular weight excluding hydrogens is 789 g/mol. The third kappa shape index (κ3) is 29.3. The Morgan fingerprint density at radius 2 is 0.689 bits per heavy atom. The van der Waals surface area contributed by atoms with E-state index in [4.69, 9.17) is 66.7 Å². The second kappa shape index (κ2) is 41.2. The lowest BCUT2D eigenvalue weighted by molar-refractivity contribution is 0.244. The Morgan fingerprint density at radius 3 is 0.852 bits per heavy atom. The molecule has 7 aromatic rings. The van der Waals surface area contributed by atoms with E-state index in [9.17, 15) is 0 Å². The Bertz CT molecular complexity index is 1690. The smallest absolute Gasteiger partial charge is 0.130 e. The van der Waals surface area contributed by atoms with Crippen molar-refractivity contribution in [2.24, 2.45) is 0 Å². The van der Waals surface area contributed by atoms with Crippen molar-refractivity contribution >= 4 is 6.08 Å². The second-order valence-corrected chi connectivity index (χ2v) is 10.8. The Balaban J connectivity index is -0.000000198. The molecule has 7 heterocycles. The monoisotopic (exact) mass is 863 g/mol. The second-order valence-electron chi connectivity index (χ2n) is 10.8. The van der Waals surface area contributed by atoms with Gasteiger partial charge in [-0.25, -0.2) is 0 Å². The average Bonchev–Trinajstić information content (AvgIpc) is 4.11. The highest BCUT2D eigenvalue weighted by molar-refractivity contribution is 5.39. The number of rotatable bonds is 10. The van der Waals surface area contributed by atoms with Gasteiger partial charge in [-0.1, -0.05) is 57.6 Å². The fraction of sp³-hybridized carbons (Fsp3) is 0.362. The maximum atomic E-state index is 8.55. The maximum Gasteiger partial charge on any atom is 0.130 e. The van der Waals surface area contributed by atoms with E-state index in [2.05, 4.69) is 6.58 Å². The summed E-state index contributed by atoms with van der Waals surface area (Å²) in [6.45, 7) is 9.30. The minimum Gasteiger partial charge on any atom is -0.467 e. The number of furan rings is 7. The lowest BCUT2D eigenvalue weighted by atomic mass is 10.4. The summed E-state index contributed by atoms with van der Waals surface area (Å²) in [4.78, 5) is 0. The lowest BCUT2D eigenvalue weighted by Gasteiger charge is -1.86. The van der Waals surface area contributed by atoms with Crippen molar-refractivity contribution in [3.8, 4) is 0 Å². The van der Waals surface area contributed by atoms with E-state index in [0.717, 1.165) is 30.1 Å². The van der Waals surface area contributed by atoms with Crippen LogP contribution in [-0.4, -0.2) is 35.7 Å². The number of hydrogen-bond donors (Lipinski definition) is 7. The fourth-order valence-corrected chi connectivity index (χ4v) is 3.76. The molecule has 0 bridgehead atoms. The first-order chi connectivity index (χ1) is 27.2. The molecule has 0 aliphatic rings. The average molecular weight is 863 g/mol. The minimum atomic E-state index is -0.0478. The van der Waals surface area contributed by atoms with Crippen LogP contribution in [0, 0.1) is 6.92 Å². The summed E-state index contributed by atoms with van der Waals surface area (Å²) in [6.07, 6.45) is 7.97. The Kier molecular flexibility index (Phi) is 43.6. The standard InChI is InChI=1S/2C7H10O2.C7H8O2.C6H8O2.3C5H6O2.5CH4/c3*1-2-6-3-4-7(5-8)9-6;1-5-2-3-6(4-7)8-5;3*6-4-5-2-1-3-7-5;;;;;/h2*3-4,8H,2,5H2,1H3;2-4,8H,1,5H2;2-3,7H,4H2,1H3;3*1-3,6H,4H2;5*1H4. The fourth-order valence-electron chi connectivity index (χ4n) is 3.76. The van der Waals surface area contributed by atoms with E-state index in [1.165, 1.54) is 18.8 Å². The molecule has 7 aromatic heterocycles. The van der Waals surface area contributed by atoms with Crippen LogP contribution in [0.2, 0.25) is 0 Å². The van der Waals surface area contributed by atoms with Gasteiger partial charge in [-0.3, -0.25) is 0 Å². The van der Waals surface area contributed by atoms with Crippen LogP contribution in [0.25, 0.3) is 6.08 Å². The van der Waals surface area contributed by atoms with Gasteiger partial charge >= 0.3 is 0 Å². The van der Waals surface area contributed by atoms with Crippen LogP contribution in [-0.2, 0) is 59.1 Å². The van der Waals surface area contributed by atoms with Crippen LogP contribution in [0.4, 0.5) is 0 Å². The first kappa shape index (κ1) is 64.6. The molecular formula is C47H74O14. The van der Waals surface area contributed by atoms with E-state index >= 15 is 0 Å². The van der Waals surface area contributed by atoms with Gasteiger partial charge in [-0.15, -0.1) is 0 Å². The van der Waals surface area contributed by atoms with E-state index in [-0.39, 0.29) is 83.4 Å². The molecule has 0 amide bonds. The van der Waals surface area contributed by atoms with Gasteiger partial charge in [0.15, 0.2) is 0 Å².